The SMILES string of the molecule is Cc1c(CC(=O)NC(C)C(=O)O)c2cc(O)c(F)cc2n1C(=O)c1ccc(OC(F)(F)F)cc1. The number of nitrogens with zero attached hydrogens (tertiary/aromatic N) is 1. The number of nitrogens with one attached hydrogen (secondary N) is 1. The number of aliphatic carboxylic acids is 1. The largest absolute Gasteiger partial charge is 0.573 e. The molecule has 0 bridgehead atoms. The number of hydrogen-bond acceptors (Lipinski definition) is 5. The summed E-state index contributed by atoms with van der Waals surface area (Å²) in [5.41, 5.74) is 0.366. The zero-order valence-corrected chi connectivity index (χ0v) is 17.7. The highest BCUT2D eigenvalue weighted by Gasteiger charge is 2.31. The van der Waals surface area contributed by atoms with Gasteiger partial charge in [-0.25, -0.2) is 4.39 Å². The van der Waals surface area contributed by atoms with E-state index in [2.05, 4.69) is 10.1 Å². The van der Waals surface area contributed by atoms with Gasteiger partial charge in [0.15, 0.2) is 11.6 Å². The van der Waals surface area contributed by atoms with Gasteiger partial charge in [-0.1, -0.05) is 0 Å². The average molecular weight is 482 g/mol. The van der Waals surface area contributed by atoms with E-state index in [4.69, 9.17) is 5.11 Å². The van der Waals surface area contributed by atoms with Gasteiger partial charge in [-0.2, -0.15) is 0 Å². The van der Waals surface area contributed by atoms with Crippen molar-refractivity contribution in [3.8, 4) is 11.5 Å². The highest BCUT2D eigenvalue weighted by atomic mass is 19.4. The van der Waals surface area contributed by atoms with Crippen LogP contribution in [0, 0.1) is 12.7 Å². The van der Waals surface area contributed by atoms with E-state index in [1.165, 1.54) is 13.8 Å². The quantitative estimate of drug-likeness (QED) is 0.463. The molecule has 1 atom stereocenters. The number of ether oxygens (including phenoxy) is 1. The number of hydrogen-bond donors (Lipinski definition) is 3. The van der Waals surface area contributed by atoms with Crippen LogP contribution in [0.25, 0.3) is 10.9 Å². The molecule has 0 aliphatic rings. The van der Waals surface area contributed by atoms with Crippen LogP contribution in [0.4, 0.5) is 17.6 Å². The summed E-state index contributed by atoms with van der Waals surface area (Å²) in [4.78, 5) is 36.5. The van der Waals surface area contributed by atoms with Crippen molar-refractivity contribution >= 4 is 28.7 Å². The first-order valence-electron chi connectivity index (χ1n) is 9.73. The van der Waals surface area contributed by atoms with Gasteiger partial charge in [-0.05, 0) is 49.7 Å². The summed E-state index contributed by atoms with van der Waals surface area (Å²) in [7, 11) is 0. The number of phenols is 1. The summed E-state index contributed by atoms with van der Waals surface area (Å²) in [6.45, 7) is 2.71. The van der Waals surface area contributed by atoms with Gasteiger partial charge in [-0.15, -0.1) is 13.2 Å². The second-order valence-corrected chi connectivity index (χ2v) is 7.40. The van der Waals surface area contributed by atoms with Crippen LogP contribution < -0.4 is 10.1 Å². The molecule has 3 rings (SSSR count). The standard InChI is InChI=1S/C22H18F4N2O6/c1-10(21(32)33)27-19(30)8-14-11(2)28(17-9-16(23)18(29)7-15(14)17)20(31)12-3-5-13(6-4-12)34-22(24,25)26/h3-7,9-10,29H,8H2,1-2H3,(H,27,30)(H,32,33). The van der Waals surface area contributed by atoms with Gasteiger partial charge in [0.05, 0.1) is 11.9 Å². The second-order valence-electron chi connectivity index (χ2n) is 7.40. The molecule has 1 heterocycles. The number of phenolic OH excluding ortho intramolecular Hbond substituents is 1. The number of halogens is 4. The lowest BCUT2D eigenvalue weighted by Crippen LogP contribution is -2.39. The van der Waals surface area contributed by atoms with Crippen LogP contribution in [0.1, 0.15) is 28.5 Å². The Morgan fingerprint density at radius 1 is 1.15 bits per heavy atom. The monoisotopic (exact) mass is 482 g/mol. The maximum absolute atomic E-state index is 14.1. The Labute approximate surface area is 189 Å². The van der Waals surface area contributed by atoms with E-state index in [0.717, 1.165) is 41.0 Å². The maximum atomic E-state index is 14.1. The summed E-state index contributed by atoms with van der Waals surface area (Å²) < 4.78 is 56.1. The molecule has 12 heteroatoms. The first kappa shape index (κ1) is 24.6. The minimum Gasteiger partial charge on any atom is -0.505 e. The fourth-order valence-electron chi connectivity index (χ4n) is 3.42. The van der Waals surface area contributed by atoms with Crippen LogP contribution in [0.3, 0.4) is 0 Å². The number of fused-ring (bicyclic) bond motifs is 1. The molecule has 0 radical (unpaired) electrons. The number of alkyl halides is 3. The normalized spacial score (nSPS) is 12.4. The molecule has 8 nitrogen and oxygen atoms in total. The van der Waals surface area contributed by atoms with Crippen LogP contribution in [0.2, 0.25) is 0 Å². The third-order valence-electron chi connectivity index (χ3n) is 5.03. The summed E-state index contributed by atoms with van der Waals surface area (Å²) >= 11 is 0. The highest BCUT2D eigenvalue weighted by molar-refractivity contribution is 6.05. The van der Waals surface area contributed by atoms with Crippen molar-refractivity contribution in [3.63, 3.8) is 0 Å². The first-order valence-corrected chi connectivity index (χ1v) is 9.73. The van der Waals surface area contributed by atoms with E-state index in [0.29, 0.717) is 0 Å². The van der Waals surface area contributed by atoms with E-state index in [9.17, 15) is 37.1 Å². The summed E-state index contributed by atoms with van der Waals surface area (Å²) in [5.74, 6) is -5.01. The molecular weight excluding hydrogens is 464 g/mol. The topological polar surface area (TPSA) is 118 Å². The van der Waals surface area contributed by atoms with Crippen LogP contribution in [-0.4, -0.2) is 45.0 Å². The van der Waals surface area contributed by atoms with Crippen molar-refractivity contribution in [2.75, 3.05) is 0 Å². The predicted molar refractivity (Wildman–Crippen MR) is 110 cm³/mol. The summed E-state index contributed by atoms with van der Waals surface area (Å²) in [5, 5.41) is 21.2. The van der Waals surface area contributed by atoms with E-state index >= 15 is 0 Å². The number of carboxylic acids is 1. The summed E-state index contributed by atoms with van der Waals surface area (Å²) in [6.07, 6.45) is -5.30. The van der Waals surface area contributed by atoms with Crippen molar-refractivity contribution in [2.45, 2.75) is 32.7 Å². The predicted octanol–water partition coefficient (Wildman–Crippen LogP) is 3.51. The fraction of sp³-hybridized carbons (Fsp3) is 0.227. The van der Waals surface area contributed by atoms with E-state index in [1.807, 2.05) is 0 Å². The molecule has 0 saturated heterocycles. The molecule has 0 fully saturated rings. The third kappa shape index (κ3) is 5.11. The molecule has 0 aliphatic carbocycles. The Hall–Kier alpha value is -4.09. The minimum atomic E-state index is -4.91. The maximum Gasteiger partial charge on any atom is 0.573 e. The number of amides is 1. The molecule has 2 aromatic carbocycles. The smallest absolute Gasteiger partial charge is 0.505 e. The lowest BCUT2D eigenvalue weighted by molar-refractivity contribution is -0.274. The Morgan fingerprint density at radius 3 is 2.32 bits per heavy atom. The van der Waals surface area contributed by atoms with E-state index < -0.39 is 47.5 Å². The molecule has 0 aliphatic heterocycles. The molecule has 0 spiro atoms. The number of carbonyl (C=O) groups is 3. The van der Waals surface area contributed by atoms with Gasteiger partial charge in [0.25, 0.3) is 5.91 Å². The van der Waals surface area contributed by atoms with Gasteiger partial charge in [0, 0.05) is 22.7 Å². The van der Waals surface area contributed by atoms with Gasteiger partial charge in [0.1, 0.15) is 11.8 Å². The van der Waals surface area contributed by atoms with Gasteiger partial charge < -0.3 is 20.3 Å². The van der Waals surface area contributed by atoms with E-state index in [1.54, 1.807) is 0 Å². The van der Waals surface area contributed by atoms with Crippen molar-refractivity contribution in [1.82, 2.24) is 9.88 Å². The minimum absolute atomic E-state index is 0.00232. The van der Waals surface area contributed by atoms with Gasteiger partial charge in [0.2, 0.25) is 5.91 Å². The number of carboxylic acid groups (broad SMARTS) is 1. The number of aromatic nitrogens is 1. The van der Waals surface area contributed by atoms with Crippen molar-refractivity contribution < 1.29 is 46.9 Å². The fourth-order valence-corrected chi connectivity index (χ4v) is 3.42. The number of aromatic hydroxyl groups is 1. The van der Waals surface area contributed by atoms with E-state index in [-0.39, 0.29) is 34.1 Å². The Kier molecular flexibility index (Phi) is 6.53. The van der Waals surface area contributed by atoms with Crippen LogP contribution in [0.15, 0.2) is 36.4 Å². The van der Waals surface area contributed by atoms with Crippen molar-refractivity contribution in [2.24, 2.45) is 0 Å². The Bertz CT molecular complexity index is 1280. The number of rotatable bonds is 6. The molecule has 3 N–H and O–H groups in total. The van der Waals surface area contributed by atoms with Gasteiger partial charge >= 0.3 is 12.3 Å². The van der Waals surface area contributed by atoms with Gasteiger partial charge in [-0.3, -0.25) is 19.0 Å². The number of benzene rings is 2. The Morgan fingerprint density at radius 2 is 1.76 bits per heavy atom. The van der Waals surface area contributed by atoms with Crippen molar-refractivity contribution in [1.29, 1.82) is 0 Å². The van der Waals surface area contributed by atoms with Crippen LogP contribution >= 0.6 is 0 Å². The third-order valence-corrected chi connectivity index (χ3v) is 5.03. The van der Waals surface area contributed by atoms with Crippen molar-refractivity contribution in [3.05, 3.63) is 59.0 Å². The molecule has 3 aromatic rings. The highest BCUT2D eigenvalue weighted by Crippen LogP contribution is 2.32. The molecular formula is C22H18F4N2O6. The Balaban J connectivity index is 2.04. The first-order chi connectivity index (χ1) is 15.8. The zero-order valence-electron chi connectivity index (χ0n) is 17.7. The lowest BCUT2D eigenvalue weighted by atomic mass is 10.1. The average Bonchev–Trinajstić information content (AvgIpc) is 2.98. The lowest BCUT2D eigenvalue weighted by Gasteiger charge is -2.11. The molecule has 1 aromatic heterocycles. The van der Waals surface area contributed by atoms with Crippen LogP contribution in [-0.2, 0) is 16.0 Å². The summed E-state index contributed by atoms with van der Waals surface area (Å²) in [6, 6.07) is 4.79. The molecule has 0 saturated carbocycles. The zero-order chi connectivity index (χ0) is 25.4. The van der Waals surface area contributed by atoms with Crippen LogP contribution in [0.5, 0.6) is 11.5 Å². The molecule has 34 heavy (non-hydrogen) atoms. The molecule has 180 valence electrons. The number of carbonyl (C=O) groups excluding carboxylic acids is 2. The molecule has 1 amide bonds. The second kappa shape index (κ2) is 9.04. The molecule has 1 unspecified atom stereocenters.